The summed E-state index contributed by atoms with van der Waals surface area (Å²) in [6.45, 7) is 3.58. The monoisotopic (exact) mass is 538 g/mol. The predicted octanol–water partition coefficient (Wildman–Crippen LogP) is 6.21. The minimum absolute atomic E-state index is 0.152. The molecule has 1 aromatic heterocycles. The van der Waals surface area contributed by atoms with E-state index >= 15 is 0 Å². The summed E-state index contributed by atoms with van der Waals surface area (Å²) >= 11 is 1.16. The van der Waals surface area contributed by atoms with E-state index in [1.807, 2.05) is 48.2 Å². The van der Waals surface area contributed by atoms with Crippen LogP contribution in [0.5, 0.6) is 10.9 Å². The molecule has 196 valence electrons. The molecule has 6 nitrogen and oxygen atoms in total. The van der Waals surface area contributed by atoms with Crippen molar-refractivity contribution in [2.24, 2.45) is 0 Å². The van der Waals surface area contributed by atoms with Gasteiger partial charge < -0.3 is 14.5 Å². The van der Waals surface area contributed by atoms with Gasteiger partial charge in [0.2, 0.25) is 0 Å². The number of halogens is 3. The van der Waals surface area contributed by atoms with Gasteiger partial charge in [-0.15, -0.1) is 0 Å². The molecule has 0 spiro atoms. The fourth-order valence-corrected chi connectivity index (χ4v) is 4.86. The zero-order valence-corrected chi connectivity index (χ0v) is 21.4. The summed E-state index contributed by atoms with van der Waals surface area (Å²) in [7, 11) is 0. The van der Waals surface area contributed by atoms with Gasteiger partial charge in [-0.25, -0.2) is 0 Å². The number of hydrogen-bond donors (Lipinski definition) is 0. The molecule has 5 rings (SSSR count). The smallest absolute Gasteiger partial charge is 0.416 e. The van der Waals surface area contributed by atoms with Gasteiger partial charge in [-0.05, 0) is 48.4 Å². The van der Waals surface area contributed by atoms with Crippen LogP contribution in [0, 0.1) is 6.92 Å². The Hall–Kier alpha value is -3.92. The van der Waals surface area contributed by atoms with Gasteiger partial charge in [0.05, 0.1) is 5.56 Å². The molecule has 0 N–H and O–H groups in total. The largest absolute Gasteiger partial charge is 0.430 e. The molecule has 1 saturated heterocycles. The molecule has 1 amide bonds. The van der Waals surface area contributed by atoms with E-state index in [0.29, 0.717) is 60.6 Å². The van der Waals surface area contributed by atoms with Crippen molar-refractivity contribution in [2.45, 2.75) is 19.5 Å². The van der Waals surface area contributed by atoms with Crippen molar-refractivity contribution in [3.63, 3.8) is 0 Å². The first-order valence-electron chi connectivity index (χ1n) is 12.1. The molecule has 0 radical (unpaired) electrons. The number of aromatic nitrogens is 2. The lowest BCUT2D eigenvalue weighted by molar-refractivity contribution is -0.137. The van der Waals surface area contributed by atoms with Crippen molar-refractivity contribution in [1.29, 1.82) is 0 Å². The summed E-state index contributed by atoms with van der Waals surface area (Å²) in [6.07, 6.45) is -3.79. The lowest BCUT2D eigenvalue weighted by Crippen LogP contribution is -2.48. The molecule has 2 heterocycles. The third-order valence-corrected chi connectivity index (χ3v) is 7.03. The average molecular weight is 539 g/mol. The van der Waals surface area contributed by atoms with Gasteiger partial charge in [-0.3, -0.25) is 4.79 Å². The number of benzene rings is 3. The summed E-state index contributed by atoms with van der Waals surface area (Å²) in [4.78, 5) is 21.3. The fraction of sp³-hybridized carbons (Fsp3) is 0.250. The Balaban J connectivity index is 1.22. The summed E-state index contributed by atoms with van der Waals surface area (Å²) in [5.74, 6) is 1.04. The van der Waals surface area contributed by atoms with Crippen LogP contribution in [0.1, 0.15) is 32.9 Å². The highest BCUT2D eigenvalue weighted by Crippen LogP contribution is 2.32. The van der Waals surface area contributed by atoms with Crippen molar-refractivity contribution >= 4 is 23.1 Å². The van der Waals surface area contributed by atoms with E-state index in [1.54, 1.807) is 23.1 Å². The van der Waals surface area contributed by atoms with Crippen molar-refractivity contribution in [1.82, 2.24) is 14.3 Å². The molecule has 38 heavy (non-hydrogen) atoms. The number of alkyl halides is 3. The number of carbonyl (C=O) groups is 1. The van der Waals surface area contributed by atoms with Gasteiger partial charge in [0.25, 0.3) is 11.1 Å². The maximum absolute atomic E-state index is 13.2. The fourth-order valence-electron chi connectivity index (χ4n) is 4.30. The lowest BCUT2D eigenvalue weighted by atomic mass is 10.1. The molecule has 4 aromatic rings. The average Bonchev–Trinajstić information content (AvgIpc) is 3.36. The first-order chi connectivity index (χ1) is 18.3. The maximum Gasteiger partial charge on any atom is 0.416 e. The van der Waals surface area contributed by atoms with Crippen LogP contribution in [0.15, 0.2) is 72.8 Å². The number of rotatable bonds is 6. The highest BCUT2D eigenvalue weighted by Gasteiger charge is 2.31. The van der Waals surface area contributed by atoms with Crippen LogP contribution in [0.2, 0.25) is 0 Å². The SMILES string of the molecule is Cc1ccc(C(=O)N2CCN(c3cccc(C(F)(F)F)c3)CC2)cc1Oc1nc(Cc2ccccc2)ns1. The van der Waals surface area contributed by atoms with E-state index in [9.17, 15) is 18.0 Å². The second-order valence-corrected chi connectivity index (χ2v) is 9.76. The Kier molecular flexibility index (Phi) is 7.33. The van der Waals surface area contributed by atoms with E-state index in [2.05, 4.69) is 9.36 Å². The molecule has 0 saturated carbocycles. The van der Waals surface area contributed by atoms with Crippen molar-refractivity contribution in [3.05, 3.63) is 101 Å². The summed E-state index contributed by atoms with van der Waals surface area (Å²) < 4.78 is 49.6. The van der Waals surface area contributed by atoms with Crippen molar-refractivity contribution in [3.8, 4) is 10.9 Å². The molecule has 0 atom stereocenters. The number of anilines is 1. The number of piperazine rings is 1. The van der Waals surface area contributed by atoms with Crippen LogP contribution in [-0.4, -0.2) is 46.3 Å². The summed E-state index contributed by atoms with van der Waals surface area (Å²) in [6, 6.07) is 20.5. The van der Waals surface area contributed by atoms with Gasteiger partial charge in [-0.1, -0.05) is 42.5 Å². The molecular weight excluding hydrogens is 513 g/mol. The minimum Gasteiger partial charge on any atom is -0.430 e. The molecule has 0 aliphatic carbocycles. The second kappa shape index (κ2) is 10.8. The third kappa shape index (κ3) is 5.96. The van der Waals surface area contributed by atoms with E-state index in [-0.39, 0.29) is 5.91 Å². The van der Waals surface area contributed by atoms with Gasteiger partial charge in [0, 0.05) is 55.4 Å². The molecule has 1 fully saturated rings. The molecule has 0 unspecified atom stereocenters. The lowest BCUT2D eigenvalue weighted by Gasteiger charge is -2.36. The minimum atomic E-state index is -4.39. The number of amides is 1. The van der Waals surface area contributed by atoms with E-state index < -0.39 is 11.7 Å². The highest BCUT2D eigenvalue weighted by molar-refractivity contribution is 7.07. The highest BCUT2D eigenvalue weighted by atomic mass is 32.1. The van der Waals surface area contributed by atoms with Crippen LogP contribution in [0.3, 0.4) is 0 Å². The van der Waals surface area contributed by atoms with Crippen LogP contribution in [-0.2, 0) is 12.6 Å². The van der Waals surface area contributed by atoms with Crippen LogP contribution in [0.25, 0.3) is 0 Å². The topological polar surface area (TPSA) is 58.6 Å². The van der Waals surface area contributed by atoms with Gasteiger partial charge >= 0.3 is 6.18 Å². The van der Waals surface area contributed by atoms with Gasteiger partial charge in [-0.2, -0.15) is 22.5 Å². The van der Waals surface area contributed by atoms with E-state index in [0.717, 1.165) is 34.8 Å². The summed E-state index contributed by atoms with van der Waals surface area (Å²) in [5, 5.41) is 0.401. The van der Waals surface area contributed by atoms with E-state index in [4.69, 9.17) is 4.74 Å². The Labute approximate surface area is 222 Å². The normalized spacial score (nSPS) is 14.0. The Morgan fingerprint density at radius 2 is 1.74 bits per heavy atom. The quantitative estimate of drug-likeness (QED) is 0.292. The van der Waals surface area contributed by atoms with Gasteiger partial charge in [0.1, 0.15) is 5.75 Å². The standard InChI is InChI=1S/C28H25F3N4O2S/c1-19-10-11-21(17-24(19)37-27-32-25(33-38-27)16-20-6-3-2-4-7-20)26(36)35-14-12-34(13-15-35)23-9-5-8-22(18-23)28(29,30)31/h2-11,17-18H,12-16H2,1H3. The maximum atomic E-state index is 13.2. The number of aryl methyl sites for hydroxylation is 1. The zero-order valence-electron chi connectivity index (χ0n) is 20.6. The number of carbonyl (C=O) groups excluding carboxylic acids is 1. The predicted molar refractivity (Wildman–Crippen MR) is 140 cm³/mol. The first kappa shape index (κ1) is 25.7. The first-order valence-corrected chi connectivity index (χ1v) is 12.9. The van der Waals surface area contributed by atoms with Gasteiger partial charge in [0.15, 0.2) is 5.82 Å². The zero-order chi connectivity index (χ0) is 26.7. The second-order valence-electron chi connectivity index (χ2n) is 9.05. The van der Waals surface area contributed by atoms with E-state index in [1.165, 1.54) is 6.07 Å². The third-order valence-electron chi connectivity index (χ3n) is 6.39. The Morgan fingerprint density at radius 3 is 2.47 bits per heavy atom. The van der Waals surface area contributed by atoms with Crippen LogP contribution >= 0.6 is 11.5 Å². The number of nitrogens with zero attached hydrogens (tertiary/aromatic N) is 4. The molecule has 1 aliphatic rings. The molecule has 10 heteroatoms. The molecule has 3 aromatic carbocycles. The molecule has 1 aliphatic heterocycles. The van der Waals surface area contributed by atoms with Crippen LogP contribution < -0.4 is 9.64 Å². The summed E-state index contributed by atoms with van der Waals surface area (Å²) in [5.41, 5.74) is 2.27. The van der Waals surface area contributed by atoms with Crippen LogP contribution in [0.4, 0.5) is 18.9 Å². The van der Waals surface area contributed by atoms with Crippen molar-refractivity contribution < 1.29 is 22.7 Å². The number of hydrogen-bond acceptors (Lipinski definition) is 6. The molecular formula is C28H25F3N4O2S. The Morgan fingerprint density at radius 1 is 0.974 bits per heavy atom. The van der Waals surface area contributed by atoms with Crippen molar-refractivity contribution in [2.75, 3.05) is 31.1 Å². The molecule has 0 bridgehead atoms. The number of ether oxygens (including phenoxy) is 1. The Bertz CT molecular complexity index is 1420.